The van der Waals surface area contributed by atoms with Crippen LogP contribution in [0.3, 0.4) is 0 Å². The summed E-state index contributed by atoms with van der Waals surface area (Å²) in [4.78, 5) is 21.0. The molecule has 0 aliphatic rings. The van der Waals surface area contributed by atoms with Gasteiger partial charge < -0.3 is 9.52 Å². The lowest BCUT2D eigenvalue weighted by molar-refractivity contribution is 0.466. The first kappa shape index (κ1) is 17.5. The molecule has 0 saturated carbocycles. The van der Waals surface area contributed by atoms with Gasteiger partial charge in [-0.05, 0) is 36.6 Å². The summed E-state index contributed by atoms with van der Waals surface area (Å²) in [6.45, 7) is 3.85. The lowest BCUT2D eigenvalue weighted by Gasteiger charge is -2.10. The Hall–Kier alpha value is -2.86. The number of aromatic nitrogens is 2. The number of rotatable bonds is 4. The van der Waals surface area contributed by atoms with Crippen LogP contribution < -0.4 is 5.63 Å². The highest BCUT2D eigenvalue weighted by Crippen LogP contribution is 2.32. The molecule has 4 aromatic rings. The van der Waals surface area contributed by atoms with E-state index in [2.05, 4.69) is 9.97 Å². The van der Waals surface area contributed by atoms with Gasteiger partial charge in [0.15, 0.2) is 0 Å². The Morgan fingerprint density at radius 3 is 2.70 bits per heavy atom. The summed E-state index contributed by atoms with van der Waals surface area (Å²) >= 11 is 1.56. The minimum atomic E-state index is -0.425. The minimum Gasteiger partial charge on any atom is -0.508 e. The van der Waals surface area contributed by atoms with Gasteiger partial charge in [-0.25, -0.2) is 14.8 Å². The number of phenols is 1. The van der Waals surface area contributed by atoms with Crippen LogP contribution in [0, 0.1) is 6.92 Å². The molecule has 6 heteroatoms. The Morgan fingerprint density at radius 2 is 1.89 bits per heavy atom. The Bertz CT molecular complexity index is 1220. The van der Waals surface area contributed by atoms with Crippen LogP contribution in [0.4, 0.5) is 0 Å². The third kappa shape index (κ3) is 3.40. The summed E-state index contributed by atoms with van der Waals surface area (Å²) in [6.07, 6.45) is 0.698. The predicted octanol–water partition coefficient (Wildman–Crippen LogP) is 4.60. The monoisotopic (exact) mass is 378 g/mol. The van der Waals surface area contributed by atoms with E-state index >= 15 is 0 Å². The van der Waals surface area contributed by atoms with Gasteiger partial charge in [-0.3, -0.25) is 0 Å². The van der Waals surface area contributed by atoms with Gasteiger partial charge in [0.1, 0.15) is 22.2 Å². The number of hydrogen-bond donors (Lipinski definition) is 1. The molecule has 0 saturated heterocycles. The first-order chi connectivity index (χ1) is 13.0. The van der Waals surface area contributed by atoms with Crippen molar-refractivity contribution >= 4 is 33.6 Å². The molecule has 5 nitrogen and oxygen atoms in total. The van der Waals surface area contributed by atoms with E-state index in [1.54, 1.807) is 11.8 Å². The number of thioether (sulfide) groups is 1. The molecular formula is C21H18N2O3S. The number of aromatic hydroxyl groups is 1. The van der Waals surface area contributed by atoms with Crippen LogP contribution in [0.5, 0.6) is 5.75 Å². The number of nitrogens with zero attached hydrogens (tertiary/aromatic N) is 2. The third-order valence-corrected chi connectivity index (χ3v) is 5.49. The lowest BCUT2D eigenvalue weighted by atomic mass is 10.1. The Kier molecular flexibility index (Phi) is 4.58. The normalized spacial score (nSPS) is 11.3. The lowest BCUT2D eigenvalue weighted by Crippen LogP contribution is -2.01. The predicted molar refractivity (Wildman–Crippen MR) is 107 cm³/mol. The number of aryl methyl sites for hydroxylation is 2. The largest absolute Gasteiger partial charge is 0.508 e. The fraction of sp³-hybridized carbons (Fsp3) is 0.190. The molecule has 2 heterocycles. The molecule has 27 heavy (non-hydrogen) atoms. The second kappa shape index (κ2) is 7.04. The molecule has 1 N–H and O–H groups in total. The molecule has 4 rings (SSSR count). The van der Waals surface area contributed by atoms with Gasteiger partial charge in [-0.15, -0.1) is 11.8 Å². The maximum absolute atomic E-state index is 12.0. The van der Waals surface area contributed by atoms with Gasteiger partial charge in [0.25, 0.3) is 0 Å². The van der Waals surface area contributed by atoms with Crippen molar-refractivity contribution in [3.8, 4) is 5.75 Å². The fourth-order valence-corrected chi connectivity index (χ4v) is 4.18. The summed E-state index contributed by atoms with van der Waals surface area (Å²) < 4.78 is 5.27. The summed E-state index contributed by atoms with van der Waals surface area (Å²) in [6, 6.07) is 12.8. The van der Waals surface area contributed by atoms with E-state index in [0.717, 1.165) is 32.4 Å². The zero-order chi connectivity index (χ0) is 19.0. The van der Waals surface area contributed by atoms with Crippen LogP contribution in [0.15, 0.2) is 56.7 Å². The topological polar surface area (TPSA) is 76.2 Å². The van der Waals surface area contributed by atoms with Gasteiger partial charge in [0.2, 0.25) is 0 Å². The molecule has 0 aliphatic carbocycles. The number of hydrogen-bond acceptors (Lipinski definition) is 6. The maximum Gasteiger partial charge on any atom is 0.336 e. The molecule has 2 aromatic heterocycles. The van der Waals surface area contributed by atoms with E-state index in [1.165, 1.54) is 12.1 Å². The molecule has 0 fully saturated rings. The second-order valence-electron chi connectivity index (χ2n) is 6.30. The number of phenolic OH excluding ortho intramolecular Hbond substituents is 1. The SMILES string of the molecule is CCc1cc2c(CSc3nc(C)nc4ccccc34)cc(=O)oc2cc1O. The van der Waals surface area contributed by atoms with Gasteiger partial charge in [-0.2, -0.15) is 0 Å². The first-order valence-electron chi connectivity index (χ1n) is 8.70. The molecule has 0 aliphatic heterocycles. The first-order valence-corrected chi connectivity index (χ1v) is 9.68. The molecule has 0 bridgehead atoms. The standard InChI is InChI=1S/C21H18N2O3S/c1-3-13-8-16-14(9-20(25)26-19(16)10-18(13)24)11-27-21-15-6-4-5-7-17(15)22-12(2)23-21/h4-10,24H,3,11H2,1-2H3. The molecule has 136 valence electrons. The highest BCUT2D eigenvalue weighted by Gasteiger charge is 2.12. The van der Waals surface area contributed by atoms with Gasteiger partial charge in [0, 0.05) is 28.7 Å². The van der Waals surface area contributed by atoms with Crippen LogP contribution in [0.2, 0.25) is 0 Å². The average molecular weight is 378 g/mol. The minimum absolute atomic E-state index is 0.148. The Labute approximate surface area is 160 Å². The van der Waals surface area contributed by atoms with Crippen LogP contribution in [-0.4, -0.2) is 15.1 Å². The van der Waals surface area contributed by atoms with Gasteiger partial charge >= 0.3 is 5.63 Å². The second-order valence-corrected chi connectivity index (χ2v) is 7.27. The fourth-order valence-electron chi connectivity index (χ4n) is 3.12. The van der Waals surface area contributed by atoms with Crippen molar-refractivity contribution in [3.05, 3.63) is 69.8 Å². The molecule has 0 atom stereocenters. The quantitative estimate of drug-likeness (QED) is 0.318. The smallest absolute Gasteiger partial charge is 0.336 e. The highest BCUT2D eigenvalue weighted by atomic mass is 32.2. The molecular weight excluding hydrogens is 360 g/mol. The van der Waals surface area contributed by atoms with E-state index < -0.39 is 5.63 Å². The third-order valence-electron chi connectivity index (χ3n) is 4.45. The summed E-state index contributed by atoms with van der Waals surface area (Å²) in [5.41, 5.74) is 2.57. The van der Waals surface area contributed by atoms with Crippen molar-refractivity contribution in [3.63, 3.8) is 0 Å². The molecule has 0 unspecified atom stereocenters. The van der Waals surface area contributed by atoms with Gasteiger partial charge in [0.05, 0.1) is 5.52 Å². The van der Waals surface area contributed by atoms with E-state index in [4.69, 9.17) is 4.42 Å². The van der Waals surface area contributed by atoms with Crippen LogP contribution in [0.25, 0.3) is 21.9 Å². The Balaban J connectivity index is 1.77. The molecule has 0 spiro atoms. The van der Waals surface area contributed by atoms with Crippen molar-refractivity contribution in [2.45, 2.75) is 31.0 Å². The summed E-state index contributed by atoms with van der Waals surface area (Å²) in [5.74, 6) is 1.43. The van der Waals surface area contributed by atoms with Crippen molar-refractivity contribution in [2.24, 2.45) is 0 Å². The molecule has 0 amide bonds. The van der Waals surface area contributed by atoms with Crippen molar-refractivity contribution < 1.29 is 9.52 Å². The van der Waals surface area contributed by atoms with E-state index in [9.17, 15) is 9.90 Å². The van der Waals surface area contributed by atoms with E-state index in [-0.39, 0.29) is 5.75 Å². The zero-order valence-electron chi connectivity index (χ0n) is 15.0. The number of benzene rings is 2. The van der Waals surface area contributed by atoms with Crippen LogP contribution in [-0.2, 0) is 12.2 Å². The maximum atomic E-state index is 12.0. The van der Waals surface area contributed by atoms with Crippen LogP contribution in [0.1, 0.15) is 23.9 Å². The van der Waals surface area contributed by atoms with Gasteiger partial charge in [-0.1, -0.05) is 25.1 Å². The van der Waals surface area contributed by atoms with Crippen molar-refractivity contribution in [1.82, 2.24) is 9.97 Å². The number of fused-ring (bicyclic) bond motifs is 2. The molecule has 2 aromatic carbocycles. The zero-order valence-corrected chi connectivity index (χ0v) is 15.8. The summed E-state index contributed by atoms with van der Waals surface area (Å²) in [5, 5.41) is 12.8. The number of para-hydroxylation sites is 1. The van der Waals surface area contributed by atoms with E-state index in [0.29, 0.717) is 23.6 Å². The van der Waals surface area contributed by atoms with Crippen molar-refractivity contribution in [1.29, 1.82) is 0 Å². The highest BCUT2D eigenvalue weighted by molar-refractivity contribution is 7.98. The van der Waals surface area contributed by atoms with Crippen molar-refractivity contribution in [2.75, 3.05) is 0 Å². The molecule has 0 radical (unpaired) electrons. The average Bonchev–Trinajstić information content (AvgIpc) is 2.65. The Morgan fingerprint density at radius 1 is 1.07 bits per heavy atom. The summed E-state index contributed by atoms with van der Waals surface area (Å²) in [7, 11) is 0. The van der Waals surface area contributed by atoms with E-state index in [1.807, 2.05) is 44.2 Å². The van der Waals surface area contributed by atoms with Crippen LogP contribution >= 0.6 is 11.8 Å².